The van der Waals surface area contributed by atoms with Gasteiger partial charge in [-0.3, -0.25) is 0 Å². The Bertz CT molecular complexity index is 471. The molecule has 15 heavy (non-hydrogen) atoms. The minimum Gasteiger partial charge on any atom is -0.497 e. The highest BCUT2D eigenvalue weighted by Gasteiger charge is 2.05. The molecular weight excluding hydrogens is 186 g/mol. The van der Waals surface area contributed by atoms with Crippen LogP contribution in [-0.2, 0) is 7.05 Å². The van der Waals surface area contributed by atoms with Gasteiger partial charge in [0.25, 0.3) is 0 Å². The number of rotatable bonds is 2. The monoisotopic (exact) mass is 201 g/mol. The maximum atomic E-state index is 5.22. The normalized spacial score (nSPS) is 10.3. The van der Waals surface area contributed by atoms with Gasteiger partial charge in [-0.05, 0) is 30.7 Å². The van der Waals surface area contributed by atoms with E-state index in [4.69, 9.17) is 4.74 Å². The van der Waals surface area contributed by atoms with Crippen LogP contribution in [0, 0.1) is 6.92 Å². The Morgan fingerprint density at radius 3 is 2.60 bits per heavy atom. The van der Waals surface area contributed by atoms with Crippen LogP contribution in [-0.4, -0.2) is 11.7 Å². The molecular formula is C13H15NO. The summed E-state index contributed by atoms with van der Waals surface area (Å²) in [6, 6.07) is 10.3. The van der Waals surface area contributed by atoms with Crippen LogP contribution < -0.4 is 4.74 Å². The summed E-state index contributed by atoms with van der Waals surface area (Å²) in [5.41, 5.74) is 3.73. The van der Waals surface area contributed by atoms with Crippen LogP contribution in [0.15, 0.2) is 36.5 Å². The van der Waals surface area contributed by atoms with E-state index in [0.717, 1.165) is 5.75 Å². The van der Waals surface area contributed by atoms with E-state index in [9.17, 15) is 0 Å². The first-order chi connectivity index (χ1) is 7.22. The van der Waals surface area contributed by atoms with Gasteiger partial charge in [-0.25, -0.2) is 0 Å². The van der Waals surface area contributed by atoms with Gasteiger partial charge in [-0.2, -0.15) is 0 Å². The largest absolute Gasteiger partial charge is 0.497 e. The zero-order valence-corrected chi connectivity index (χ0v) is 9.32. The molecule has 78 valence electrons. The van der Waals surface area contributed by atoms with Crippen LogP contribution in [0.4, 0.5) is 0 Å². The first-order valence-corrected chi connectivity index (χ1v) is 4.98. The van der Waals surface area contributed by atoms with E-state index in [0.29, 0.717) is 0 Å². The molecule has 0 bridgehead atoms. The van der Waals surface area contributed by atoms with Crippen LogP contribution in [0.25, 0.3) is 11.1 Å². The molecule has 0 aliphatic heterocycles. The van der Waals surface area contributed by atoms with Gasteiger partial charge in [0.2, 0.25) is 0 Å². The number of hydrogen-bond acceptors (Lipinski definition) is 1. The molecule has 0 aliphatic carbocycles. The number of aryl methyl sites for hydroxylation is 1. The maximum Gasteiger partial charge on any atom is 0.119 e. The quantitative estimate of drug-likeness (QED) is 0.728. The summed E-state index contributed by atoms with van der Waals surface area (Å²) in [5, 5.41) is 0. The zero-order valence-electron chi connectivity index (χ0n) is 9.32. The Hall–Kier alpha value is -1.70. The number of hydrogen-bond donors (Lipinski definition) is 0. The molecule has 0 atom stereocenters. The Kier molecular flexibility index (Phi) is 2.50. The molecule has 1 aromatic heterocycles. The van der Waals surface area contributed by atoms with Crippen molar-refractivity contribution in [3.05, 3.63) is 42.2 Å². The van der Waals surface area contributed by atoms with Crippen molar-refractivity contribution in [3.8, 4) is 16.9 Å². The first-order valence-electron chi connectivity index (χ1n) is 4.98. The van der Waals surface area contributed by atoms with Gasteiger partial charge in [-0.15, -0.1) is 0 Å². The van der Waals surface area contributed by atoms with E-state index in [1.165, 1.54) is 16.8 Å². The van der Waals surface area contributed by atoms with Crippen molar-refractivity contribution in [2.45, 2.75) is 6.92 Å². The lowest BCUT2D eigenvalue weighted by Crippen LogP contribution is -1.89. The van der Waals surface area contributed by atoms with E-state index in [-0.39, 0.29) is 0 Å². The van der Waals surface area contributed by atoms with Crippen molar-refractivity contribution in [1.82, 2.24) is 4.57 Å². The van der Waals surface area contributed by atoms with Crippen LogP contribution in [0.5, 0.6) is 5.75 Å². The molecule has 0 aliphatic rings. The molecule has 0 saturated heterocycles. The maximum absolute atomic E-state index is 5.22. The van der Waals surface area contributed by atoms with Crippen molar-refractivity contribution in [2.24, 2.45) is 7.05 Å². The SMILES string of the molecule is COc1cccc(-c2ccn(C)c2C)c1. The third kappa shape index (κ3) is 1.75. The van der Waals surface area contributed by atoms with Crippen molar-refractivity contribution in [2.75, 3.05) is 7.11 Å². The second-order valence-electron chi connectivity index (χ2n) is 3.66. The lowest BCUT2D eigenvalue weighted by atomic mass is 10.1. The molecule has 0 unspecified atom stereocenters. The molecule has 0 radical (unpaired) electrons. The van der Waals surface area contributed by atoms with Crippen molar-refractivity contribution in [3.63, 3.8) is 0 Å². The number of methoxy groups -OCH3 is 1. The molecule has 0 saturated carbocycles. The standard InChI is InChI=1S/C13H15NO/c1-10-13(7-8-14(10)2)11-5-4-6-12(9-11)15-3/h4-9H,1-3H3. The lowest BCUT2D eigenvalue weighted by molar-refractivity contribution is 0.415. The van der Waals surface area contributed by atoms with Crippen LogP contribution in [0.2, 0.25) is 0 Å². The van der Waals surface area contributed by atoms with Gasteiger partial charge in [0.1, 0.15) is 5.75 Å². The van der Waals surface area contributed by atoms with Crippen LogP contribution in [0.1, 0.15) is 5.69 Å². The summed E-state index contributed by atoms with van der Waals surface area (Å²) in [6.45, 7) is 2.12. The van der Waals surface area contributed by atoms with Crippen molar-refractivity contribution < 1.29 is 4.74 Å². The summed E-state index contributed by atoms with van der Waals surface area (Å²) in [4.78, 5) is 0. The highest BCUT2D eigenvalue weighted by Crippen LogP contribution is 2.26. The number of benzene rings is 1. The summed E-state index contributed by atoms with van der Waals surface area (Å²) >= 11 is 0. The van der Waals surface area contributed by atoms with Gasteiger partial charge >= 0.3 is 0 Å². The molecule has 0 amide bonds. The molecule has 2 rings (SSSR count). The molecule has 1 heterocycles. The highest BCUT2D eigenvalue weighted by molar-refractivity contribution is 5.67. The lowest BCUT2D eigenvalue weighted by Gasteiger charge is -2.05. The van der Waals surface area contributed by atoms with Crippen LogP contribution >= 0.6 is 0 Å². The van der Waals surface area contributed by atoms with E-state index in [1.54, 1.807) is 7.11 Å². The second-order valence-corrected chi connectivity index (χ2v) is 3.66. The van der Waals surface area contributed by atoms with Crippen molar-refractivity contribution >= 4 is 0 Å². The van der Waals surface area contributed by atoms with E-state index >= 15 is 0 Å². The fraction of sp³-hybridized carbons (Fsp3) is 0.231. The third-order valence-corrected chi connectivity index (χ3v) is 2.76. The Labute approximate surface area is 90.1 Å². The first kappa shape index (κ1) is 9.84. The summed E-state index contributed by atoms with van der Waals surface area (Å²) < 4.78 is 7.34. The fourth-order valence-electron chi connectivity index (χ4n) is 1.70. The van der Waals surface area contributed by atoms with Gasteiger partial charge in [0, 0.05) is 24.5 Å². The van der Waals surface area contributed by atoms with Gasteiger partial charge < -0.3 is 9.30 Å². The topological polar surface area (TPSA) is 14.2 Å². The van der Waals surface area contributed by atoms with E-state index in [1.807, 2.05) is 12.1 Å². The predicted molar refractivity (Wildman–Crippen MR) is 62.1 cm³/mol. The zero-order chi connectivity index (χ0) is 10.8. The van der Waals surface area contributed by atoms with Crippen LogP contribution in [0.3, 0.4) is 0 Å². The summed E-state index contributed by atoms with van der Waals surface area (Å²) in [6.07, 6.45) is 2.07. The fourth-order valence-corrected chi connectivity index (χ4v) is 1.70. The molecule has 2 aromatic rings. The van der Waals surface area contributed by atoms with Crippen molar-refractivity contribution in [1.29, 1.82) is 0 Å². The summed E-state index contributed by atoms with van der Waals surface area (Å²) in [5.74, 6) is 0.899. The van der Waals surface area contributed by atoms with Gasteiger partial charge in [0.05, 0.1) is 7.11 Å². The minimum atomic E-state index is 0.899. The molecule has 0 fully saturated rings. The van der Waals surface area contributed by atoms with Gasteiger partial charge in [0.15, 0.2) is 0 Å². The highest BCUT2D eigenvalue weighted by atomic mass is 16.5. The number of aromatic nitrogens is 1. The Balaban J connectivity index is 2.49. The number of nitrogens with zero attached hydrogens (tertiary/aromatic N) is 1. The average molecular weight is 201 g/mol. The molecule has 0 N–H and O–H groups in total. The second kappa shape index (κ2) is 3.81. The number of ether oxygens (including phenoxy) is 1. The minimum absolute atomic E-state index is 0.899. The Morgan fingerprint density at radius 2 is 2.00 bits per heavy atom. The molecule has 0 spiro atoms. The molecule has 2 nitrogen and oxygen atoms in total. The Morgan fingerprint density at radius 1 is 1.20 bits per heavy atom. The summed E-state index contributed by atoms with van der Waals surface area (Å²) in [7, 11) is 3.75. The van der Waals surface area contributed by atoms with E-state index < -0.39 is 0 Å². The predicted octanol–water partition coefficient (Wildman–Crippen LogP) is 3.01. The van der Waals surface area contributed by atoms with E-state index in [2.05, 4.69) is 42.9 Å². The smallest absolute Gasteiger partial charge is 0.119 e. The molecule has 1 aromatic carbocycles. The average Bonchev–Trinajstić information content (AvgIpc) is 2.60. The third-order valence-electron chi connectivity index (χ3n) is 2.76. The molecule has 2 heteroatoms. The van der Waals surface area contributed by atoms with Gasteiger partial charge in [-0.1, -0.05) is 12.1 Å².